The predicted molar refractivity (Wildman–Crippen MR) is 84.2 cm³/mol. The summed E-state index contributed by atoms with van der Waals surface area (Å²) in [6.45, 7) is 0. The molecule has 0 bridgehead atoms. The maximum Gasteiger partial charge on any atom is 0.112 e. The van der Waals surface area contributed by atoms with E-state index in [1.54, 1.807) is 6.20 Å². The highest BCUT2D eigenvalue weighted by molar-refractivity contribution is 9.10. The number of benzene rings is 2. The third-order valence-electron chi connectivity index (χ3n) is 3.21. The third-order valence-corrected chi connectivity index (χ3v) is 3.98. The molecule has 1 N–H and O–H groups in total. The van der Waals surface area contributed by atoms with Gasteiger partial charge in [0, 0.05) is 10.9 Å². The van der Waals surface area contributed by atoms with Crippen LogP contribution in [0.25, 0.3) is 5.69 Å². The maximum absolute atomic E-state index is 10.3. The maximum atomic E-state index is 10.3. The zero-order valence-corrected chi connectivity index (χ0v) is 12.8. The van der Waals surface area contributed by atoms with E-state index in [0.717, 1.165) is 15.7 Å². The van der Waals surface area contributed by atoms with Crippen molar-refractivity contribution in [3.63, 3.8) is 0 Å². The van der Waals surface area contributed by atoms with Crippen molar-refractivity contribution in [3.8, 4) is 5.69 Å². The highest BCUT2D eigenvalue weighted by Gasteiger charge is 2.14. The Kier molecular flexibility index (Phi) is 4.13. The fourth-order valence-electron chi connectivity index (χ4n) is 2.09. The summed E-state index contributed by atoms with van der Waals surface area (Å²) in [5, 5.41) is 18.9. The minimum absolute atomic E-state index is 0.495. The van der Waals surface area contributed by atoms with E-state index in [9.17, 15) is 5.11 Å². The molecule has 1 aromatic heterocycles. The van der Waals surface area contributed by atoms with Crippen molar-refractivity contribution < 1.29 is 5.11 Å². The number of halogens is 1. The van der Waals surface area contributed by atoms with Gasteiger partial charge in [-0.3, -0.25) is 0 Å². The molecule has 21 heavy (non-hydrogen) atoms. The second-order valence-corrected chi connectivity index (χ2v) is 5.56. The SMILES string of the molecule is OC(Cc1ccccc1Br)c1cnn(-c2ccccc2)n1. The van der Waals surface area contributed by atoms with Crippen LogP contribution in [-0.4, -0.2) is 20.1 Å². The second kappa shape index (κ2) is 6.20. The van der Waals surface area contributed by atoms with E-state index >= 15 is 0 Å². The van der Waals surface area contributed by atoms with E-state index < -0.39 is 6.10 Å². The average molecular weight is 344 g/mol. The second-order valence-electron chi connectivity index (χ2n) is 4.71. The molecule has 0 saturated heterocycles. The van der Waals surface area contributed by atoms with Crippen LogP contribution in [0.5, 0.6) is 0 Å². The first-order valence-electron chi connectivity index (χ1n) is 6.63. The summed E-state index contributed by atoms with van der Waals surface area (Å²) in [6.07, 6.45) is 1.42. The Hall–Kier alpha value is -1.98. The van der Waals surface area contributed by atoms with Crippen LogP contribution in [0.3, 0.4) is 0 Å². The van der Waals surface area contributed by atoms with Crippen LogP contribution in [0.2, 0.25) is 0 Å². The molecule has 3 rings (SSSR count). The summed E-state index contributed by atoms with van der Waals surface area (Å²) < 4.78 is 0.986. The highest BCUT2D eigenvalue weighted by atomic mass is 79.9. The molecular weight excluding hydrogens is 330 g/mol. The van der Waals surface area contributed by atoms with Crippen LogP contribution in [0.4, 0.5) is 0 Å². The van der Waals surface area contributed by atoms with Crippen molar-refractivity contribution in [1.82, 2.24) is 15.0 Å². The molecule has 3 aromatic rings. The Balaban J connectivity index is 1.79. The predicted octanol–water partition coefficient (Wildman–Crippen LogP) is 3.31. The molecule has 0 radical (unpaired) electrons. The van der Waals surface area contributed by atoms with E-state index in [1.165, 1.54) is 4.80 Å². The molecule has 0 aliphatic heterocycles. The molecule has 5 heteroatoms. The Morgan fingerprint density at radius 1 is 1.05 bits per heavy atom. The molecular formula is C16H14BrN3O. The van der Waals surface area contributed by atoms with Crippen molar-refractivity contribution >= 4 is 15.9 Å². The van der Waals surface area contributed by atoms with Crippen LogP contribution in [0.15, 0.2) is 65.3 Å². The van der Waals surface area contributed by atoms with Crippen molar-refractivity contribution in [1.29, 1.82) is 0 Å². The van der Waals surface area contributed by atoms with Crippen molar-refractivity contribution in [3.05, 3.63) is 76.5 Å². The van der Waals surface area contributed by atoms with Crippen LogP contribution in [0, 0.1) is 0 Å². The Labute approximate surface area is 131 Å². The van der Waals surface area contributed by atoms with Gasteiger partial charge in [0.05, 0.1) is 11.9 Å². The molecule has 0 amide bonds. The zero-order chi connectivity index (χ0) is 14.7. The van der Waals surface area contributed by atoms with Gasteiger partial charge in [-0.05, 0) is 23.8 Å². The van der Waals surface area contributed by atoms with E-state index in [1.807, 2.05) is 54.6 Å². The van der Waals surface area contributed by atoms with Gasteiger partial charge in [0.2, 0.25) is 0 Å². The van der Waals surface area contributed by atoms with Gasteiger partial charge in [0.25, 0.3) is 0 Å². The fourth-order valence-corrected chi connectivity index (χ4v) is 2.54. The van der Waals surface area contributed by atoms with E-state index in [4.69, 9.17) is 0 Å². The zero-order valence-electron chi connectivity index (χ0n) is 11.2. The van der Waals surface area contributed by atoms with Gasteiger partial charge in [-0.1, -0.05) is 52.3 Å². The Bertz CT molecular complexity index is 727. The number of hydrogen-bond donors (Lipinski definition) is 1. The average Bonchev–Trinajstić information content (AvgIpc) is 3.00. The first-order chi connectivity index (χ1) is 10.2. The minimum Gasteiger partial charge on any atom is -0.386 e. The van der Waals surface area contributed by atoms with Crippen molar-refractivity contribution in [2.45, 2.75) is 12.5 Å². The number of aliphatic hydroxyl groups excluding tert-OH is 1. The normalized spacial score (nSPS) is 12.3. The molecule has 0 spiro atoms. The smallest absolute Gasteiger partial charge is 0.112 e. The van der Waals surface area contributed by atoms with Crippen molar-refractivity contribution in [2.75, 3.05) is 0 Å². The highest BCUT2D eigenvalue weighted by Crippen LogP contribution is 2.22. The van der Waals surface area contributed by atoms with Crippen LogP contribution >= 0.6 is 15.9 Å². The molecule has 1 heterocycles. The van der Waals surface area contributed by atoms with E-state index in [0.29, 0.717) is 12.1 Å². The van der Waals surface area contributed by atoms with Gasteiger partial charge in [0.1, 0.15) is 11.8 Å². The summed E-state index contributed by atoms with van der Waals surface area (Å²) in [4.78, 5) is 1.53. The first-order valence-corrected chi connectivity index (χ1v) is 7.42. The number of nitrogens with zero attached hydrogens (tertiary/aromatic N) is 3. The molecule has 1 atom stereocenters. The van der Waals surface area contributed by atoms with E-state index in [2.05, 4.69) is 26.1 Å². The lowest BCUT2D eigenvalue weighted by atomic mass is 10.1. The van der Waals surface area contributed by atoms with Gasteiger partial charge in [-0.15, -0.1) is 0 Å². The van der Waals surface area contributed by atoms with Gasteiger partial charge in [-0.2, -0.15) is 15.0 Å². The summed E-state index contributed by atoms with van der Waals surface area (Å²) in [5.74, 6) is 0. The van der Waals surface area contributed by atoms with Crippen molar-refractivity contribution in [2.24, 2.45) is 0 Å². The minimum atomic E-state index is -0.679. The third kappa shape index (κ3) is 3.20. The monoisotopic (exact) mass is 343 g/mol. The molecule has 0 aliphatic carbocycles. The summed E-state index contributed by atoms with van der Waals surface area (Å²) in [7, 11) is 0. The van der Waals surface area contributed by atoms with Crippen LogP contribution < -0.4 is 0 Å². The van der Waals surface area contributed by atoms with Gasteiger partial charge < -0.3 is 5.11 Å². The number of rotatable bonds is 4. The number of aromatic nitrogens is 3. The number of hydrogen-bond acceptors (Lipinski definition) is 3. The molecule has 4 nitrogen and oxygen atoms in total. The topological polar surface area (TPSA) is 50.9 Å². The molecule has 0 aliphatic rings. The number of aliphatic hydroxyl groups is 1. The van der Waals surface area contributed by atoms with Gasteiger partial charge in [-0.25, -0.2) is 0 Å². The van der Waals surface area contributed by atoms with Crippen LogP contribution in [-0.2, 0) is 6.42 Å². The summed E-state index contributed by atoms with van der Waals surface area (Å²) in [5.41, 5.74) is 2.48. The fraction of sp³-hybridized carbons (Fsp3) is 0.125. The molecule has 106 valence electrons. The summed E-state index contributed by atoms with van der Waals surface area (Å²) in [6, 6.07) is 17.5. The van der Waals surface area contributed by atoms with Gasteiger partial charge in [0.15, 0.2) is 0 Å². The van der Waals surface area contributed by atoms with E-state index in [-0.39, 0.29) is 0 Å². The molecule has 0 saturated carbocycles. The lowest BCUT2D eigenvalue weighted by Gasteiger charge is -2.08. The molecule has 1 unspecified atom stereocenters. The van der Waals surface area contributed by atoms with Gasteiger partial charge >= 0.3 is 0 Å². The standard InChI is InChI=1S/C16H14BrN3O/c17-14-9-5-4-6-12(14)10-16(21)15-11-18-20(19-15)13-7-2-1-3-8-13/h1-9,11,16,21H,10H2. The Morgan fingerprint density at radius 2 is 1.76 bits per heavy atom. The van der Waals surface area contributed by atoms with Crippen LogP contribution in [0.1, 0.15) is 17.4 Å². The number of para-hydroxylation sites is 1. The first kappa shape index (κ1) is 14.0. The summed E-state index contributed by atoms with van der Waals surface area (Å²) >= 11 is 3.49. The quantitative estimate of drug-likeness (QED) is 0.790. The molecule has 2 aromatic carbocycles. The molecule has 0 fully saturated rings. The lowest BCUT2D eigenvalue weighted by molar-refractivity contribution is 0.173. The largest absolute Gasteiger partial charge is 0.386 e. The Morgan fingerprint density at radius 3 is 2.52 bits per heavy atom. The lowest BCUT2D eigenvalue weighted by Crippen LogP contribution is -2.05.